The fourth-order valence-electron chi connectivity index (χ4n) is 1.49. The SMILES string of the molecule is CC(C)OC(=O)c1nnn(-c2ccc(O)cc2)c1N. The van der Waals surface area contributed by atoms with Crippen molar-refractivity contribution in [2.45, 2.75) is 20.0 Å². The number of rotatable bonds is 3. The Labute approximate surface area is 109 Å². The molecule has 0 fully saturated rings. The molecule has 1 heterocycles. The van der Waals surface area contributed by atoms with Gasteiger partial charge in [0, 0.05) is 0 Å². The highest BCUT2D eigenvalue weighted by Crippen LogP contribution is 2.18. The molecule has 0 unspecified atom stereocenters. The number of esters is 1. The molecular formula is C12H14N4O3. The van der Waals surface area contributed by atoms with E-state index in [0.29, 0.717) is 5.69 Å². The molecule has 0 radical (unpaired) electrons. The average molecular weight is 262 g/mol. The van der Waals surface area contributed by atoms with Crippen LogP contribution in [-0.4, -0.2) is 32.2 Å². The number of benzene rings is 1. The summed E-state index contributed by atoms with van der Waals surface area (Å²) in [6, 6.07) is 6.20. The minimum Gasteiger partial charge on any atom is -0.508 e. The highest BCUT2D eigenvalue weighted by Gasteiger charge is 2.20. The number of aromatic hydroxyl groups is 1. The Morgan fingerprint density at radius 2 is 2.00 bits per heavy atom. The number of ether oxygens (including phenoxy) is 1. The summed E-state index contributed by atoms with van der Waals surface area (Å²) in [6.45, 7) is 3.47. The van der Waals surface area contributed by atoms with Crippen LogP contribution in [0.3, 0.4) is 0 Å². The largest absolute Gasteiger partial charge is 0.508 e. The van der Waals surface area contributed by atoms with Gasteiger partial charge in [-0.25, -0.2) is 4.79 Å². The van der Waals surface area contributed by atoms with Crippen molar-refractivity contribution in [3.05, 3.63) is 30.0 Å². The number of phenolic OH excluding ortho intramolecular Hbond substituents is 1. The Kier molecular flexibility index (Phi) is 3.37. The lowest BCUT2D eigenvalue weighted by molar-refractivity contribution is 0.0372. The number of hydrogen-bond acceptors (Lipinski definition) is 6. The number of carbonyl (C=O) groups is 1. The molecular weight excluding hydrogens is 248 g/mol. The number of anilines is 1. The third-order valence-electron chi connectivity index (χ3n) is 2.34. The van der Waals surface area contributed by atoms with Crippen LogP contribution in [0.15, 0.2) is 24.3 Å². The van der Waals surface area contributed by atoms with Gasteiger partial charge < -0.3 is 15.6 Å². The Balaban J connectivity index is 2.32. The Hall–Kier alpha value is -2.57. The van der Waals surface area contributed by atoms with Crippen LogP contribution in [0.1, 0.15) is 24.3 Å². The van der Waals surface area contributed by atoms with E-state index < -0.39 is 5.97 Å². The average Bonchev–Trinajstić information content (AvgIpc) is 2.71. The molecule has 0 spiro atoms. The first-order valence-electron chi connectivity index (χ1n) is 5.70. The molecule has 19 heavy (non-hydrogen) atoms. The van der Waals surface area contributed by atoms with E-state index in [-0.39, 0.29) is 23.4 Å². The lowest BCUT2D eigenvalue weighted by Crippen LogP contribution is -2.14. The van der Waals surface area contributed by atoms with Crippen molar-refractivity contribution in [1.82, 2.24) is 15.0 Å². The molecule has 0 aliphatic heterocycles. The topological polar surface area (TPSA) is 103 Å². The second kappa shape index (κ2) is 4.97. The third-order valence-corrected chi connectivity index (χ3v) is 2.34. The quantitative estimate of drug-likeness (QED) is 0.803. The molecule has 100 valence electrons. The molecule has 2 aromatic rings. The van der Waals surface area contributed by atoms with Crippen molar-refractivity contribution in [2.24, 2.45) is 0 Å². The number of phenols is 1. The molecule has 0 saturated carbocycles. The first kappa shape index (κ1) is 12.9. The van der Waals surface area contributed by atoms with E-state index >= 15 is 0 Å². The van der Waals surface area contributed by atoms with Crippen molar-refractivity contribution in [2.75, 3.05) is 5.73 Å². The van der Waals surface area contributed by atoms with Gasteiger partial charge in [0.1, 0.15) is 5.75 Å². The van der Waals surface area contributed by atoms with Gasteiger partial charge in [0.2, 0.25) is 5.69 Å². The highest BCUT2D eigenvalue weighted by atomic mass is 16.5. The van der Waals surface area contributed by atoms with Crippen molar-refractivity contribution in [1.29, 1.82) is 0 Å². The standard InChI is InChI=1S/C12H14N4O3/c1-7(2)19-12(18)10-11(13)16(15-14-10)8-3-5-9(17)6-4-8/h3-7,17H,13H2,1-2H3. The Bertz CT molecular complexity index is 590. The smallest absolute Gasteiger partial charge is 0.363 e. The zero-order valence-corrected chi connectivity index (χ0v) is 10.6. The van der Waals surface area contributed by atoms with Gasteiger partial charge in [-0.2, -0.15) is 4.68 Å². The molecule has 0 aliphatic carbocycles. The van der Waals surface area contributed by atoms with Crippen LogP contribution in [0.4, 0.5) is 5.82 Å². The molecule has 0 bridgehead atoms. The van der Waals surface area contributed by atoms with Crippen LogP contribution in [0.5, 0.6) is 5.75 Å². The minimum atomic E-state index is -0.613. The molecule has 0 aliphatic rings. The number of nitrogen functional groups attached to an aromatic ring is 1. The number of nitrogens with two attached hydrogens (primary N) is 1. The summed E-state index contributed by atoms with van der Waals surface area (Å²) in [5, 5.41) is 16.7. The van der Waals surface area contributed by atoms with E-state index in [1.807, 2.05) is 0 Å². The lowest BCUT2D eigenvalue weighted by atomic mass is 10.3. The highest BCUT2D eigenvalue weighted by molar-refractivity contribution is 5.92. The molecule has 3 N–H and O–H groups in total. The van der Waals surface area contributed by atoms with Gasteiger partial charge in [-0.1, -0.05) is 5.21 Å². The lowest BCUT2D eigenvalue weighted by Gasteiger charge is -2.06. The summed E-state index contributed by atoms with van der Waals surface area (Å²) < 4.78 is 6.31. The van der Waals surface area contributed by atoms with Crippen LogP contribution < -0.4 is 5.73 Å². The van der Waals surface area contributed by atoms with Gasteiger partial charge in [0.05, 0.1) is 11.8 Å². The molecule has 1 aromatic heterocycles. The van der Waals surface area contributed by atoms with Gasteiger partial charge in [0.15, 0.2) is 5.82 Å². The van der Waals surface area contributed by atoms with Crippen molar-refractivity contribution in [3.8, 4) is 11.4 Å². The second-order valence-electron chi connectivity index (χ2n) is 4.21. The predicted octanol–water partition coefficient (Wildman–Crippen LogP) is 1.12. The first-order chi connectivity index (χ1) is 8.99. The van der Waals surface area contributed by atoms with Gasteiger partial charge in [-0.15, -0.1) is 5.10 Å². The summed E-state index contributed by atoms with van der Waals surface area (Å²) >= 11 is 0. The van der Waals surface area contributed by atoms with E-state index in [1.165, 1.54) is 16.8 Å². The van der Waals surface area contributed by atoms with Crippen LogP contribution in [-0.2, 0) is 4.74 Å². The van der Waals surface area contributed by atoms with E-state index in [0.717, 1.165) is 0 Å². The number of aromatic nitrogens is 3. The normalized spacial score (nSPS) is 10.7. The number of carbonyl (C=O) groups excluding carboxylic acids is 1. The molecule has 0 saturated heterocycles. The van der Waals surface area contributed by atoms with Crippen molar-refractivity contribution in [3.63, 3.8) is 0 Å². The molecule has 2 rings (SSSR count). The number of nitrogens with zero attached hydrogens (tertiary/aromatic N) is 3. The third kappa shape index (κ3) is 2.65. The van der Waals surface area contributed by atoms with E-state index in [9.17, 15) is 9.90 Å². The summed E-state index contributed by atoms with van der Waals surface area (Å²) in [4.78, 5) is 11.7. The maximum Gasteiger partial charge on any atom is 0.363 e. The van der Waals surface area contributed by atoms with Crippen LogP contribution in [0, 0.1) is 0 Å². The van der Waals surface area contributed by atoms with E-state index in [4.69, 9.17) is 10.5 Å². The molecule has 0 atom stereocenters. The monoisotopic (exact) mass is 262 g/mol. The zero-order chi connectivity index (χ0) is 14.0. The minimum absolute atomic E-state index is 0.0261. The van der Waals surface area contributed by atoms with Crippen LogP contribution >= 0.6 is 0 Å². The van der Waals surface area contributed by atoms with E-state index in [2.05, 4.69) is 10.3 Å². The molecule has 0 amide bonds. The van der Waals surface area contributed by atoms with Gasteiger partial charge in [-0.3, -0.25) is 0 Å². The maximum absolute atomic E-state index is 11.7. The zero-order valence-electron chi connectivity index (χ0n) is 10.6. The Morgan fingerprint density at radius 3 is 2.58 bits per heavy atom. The second-order valence-corrected chi connectivity index (χ2v) is 4.21. The van der Waals surface area contributed by atoms with Gasteiger partial charge in [-0.05, 0) is 38.1 Å². The summed E-state index contributed by atoms with van der Waals surface area (Å²) in [5.41, 5.74) is 6.39. The molecule has 1 aromatic carbocycles. The predicted molar refractivity (Wildman–Crippen MR) is 68.0 cm³/mol. The first-order valence-corrected chi connectivity index (χ1v) is 5.70. The van der Waals surface area contributed by atoms with Crippen LogP contribution in [0.25, 0.3) is 5.69 Å². The van der Waals surface area contributed by atoms with Crippen molar-refractivity contribution < 1.29 is 14.6 Å². The Morgan fingerprint density at radius 1 is 1.37 bits per heavy atom. The molecule has 7 nitrogen and oxygen atoms in total. The summed E-state index contributed by atoms with van der Waals surface area (Å²) in [5.74, 6) is -0.393. The number of hydrogen-bond donors (Lipinski definition) is 2. The summed E-state index contributed by atoms with van der Waals surface area (Å²) in [7, 11) is 0. The van der Waals surface area contributed by atoms with Crippen molar-refractivity contribution >= 4 is 11.8 Å². The molecule has 7 heteroatoms. The fourth-order valence-corrected chi connectivity index (χ4v) is 1.49. The van der Waals surface area contributed by atoms with Gasteiger partial charge in [0.25, 0.3) is 0 Å². The van der Waals surface area contributed by atoms with Crippen LogP contribution in [0.2, 0.25) is 0 Å². The fraction of sp³-hybridized carbons (Fsp3) is 0.250. The summed E-state index contributed by atoms with van der Waals surface area (Å²) in [6.07, 6.45) is -0.259. The van der Waals surface area contributed by atoms with E-state index in [1.54, 1.807) is 26.0 Å². The maximum atomic E-state index is 11.7. The van der Waals surface area contributed by atoms with Gasteiger partial charge >= 0.3 is 5.97 Å².